The van der Waals surface area contributed by atoms with Crippen LogP contribution in [0.3, 0.4) is 0 Å². The number of para-hydroxylation sites is 1. The topological polar surface area (TPSA) is 49.9 Å². The molecule has 5 nitrogen and oxygen atoms in total. The van der Waals surface area contributed by atoms with E-state index in [0.717, 1.165) is 5.69 Å². The lowest BCUT2D eigenvalue weighted by atomic mass is 10.2. The molecule has 25 heavy (non-hydrogen) atoms. The lowest BCUT2D eigenvalue weighted by Crippen LogP contribution is -2.48. The molecule has 134 valence electrons. The molecular weight excluding hydrogens is 383 g/mol. The number of hydrogen-bond donors (Lipinski definition) is 0. The molecule has 0 aliphatic carbocycles. The Bertz CT molecular complexity index is 866. The fourth-order valence-electron chi connectivity index (χ4n) is 2.83. The Hall–Kier alpha value is -1.47. The van der Waals surface area contributed by atoms with Crippen LogP contribution < -0.4 is 9.64 Å². The maximum atomic E-state index is 12.9. The van der Waals surface area contributed by atoms with Crippen LogP contribution >= 0.6 is 23.2 Å². The number of benzene rings is 2. The van der Waals surface area contributed by atoms with Crippen LogP contribution in [0.25, 0.3) is 0 Å². The second-order valence-electron chi connectivity index (χ2n) is 5.64. The van der Waals surface area contributed by atoms with Crippen molar-refractivity contribution in [2.45, 2.75) is 4.90 Å². The van der Waals surface area contributed by atoms with Gasteiger partial charge in [0, 0.05) is 32.2 Å². The molecule has 1 saturated heterocycles. The molecule has 0 atom stereocenters. The third-order valence-electron chi connectivity index (χ3n) is 4.19. The minimum atomic E-state index is -3.59. The first kappa shape index (κ1) is 18.3. The summed E-state index contributed by atoms with van der Waals surface area (Å²) in [5, 5.41) is 1.05. The monoisotopic (exact) mass is 400 g/mol. The maximum Gasteiger partial charge on any atom is 0.243 e. The average molecular weight is 401 g/mol. The molecule has 1 heterocycles. The largest absolute Gasteiger partial charge is 0.495 e. The van der Waals surface area contributed by atoms with E-state index in [-0.39, 0.29) is 4.90 Å². The smallest absolute Gasteiger partial charge is 0.243 e. The van der Waals surface area contributed by atoms with Gasteiger partial charge in [-0.2, -0.15) is 4.31 Å². The highest BCUT2D eigenvalue weighted by Gasteiger charge is 2.29. The van der Waals surface area contributed by atoms with E-state index in [1.54, 1.807) is 0 Å². The molecule has 1 aliphatic heterocycles. The van der Waals surface area contributed by atoms with Crippen molar-refractivity contribution < 1.29 is 13.2 Å². The lowest BCUT2D eigenvalue weighted by Gasteiger charge is -2.35. The number of anilines is 1. The van der Waals surface area contributed by atoms with Gasteiger partial charge in [0.05, 0.1) is 27.7 Å². The normalized spacial score (nSPS) is 16.0. The summed E-state index contributed by atoms with van der Waals surface area (Å²) in [5.41, 5.74) is 0.925. The Morgan fingerprint density at radius 3 is 2.28 bits per heavy atom. The first-order valence-corrected chi connectivity index (χ1v) is 9.96. The zero-order chi connectivity index (χ0) is 18.0. The molecule has 8 heteroatoms. The summed E-state index contributed by atoms with van der Waals surface area (Å²) < 4.78 is 32.3. The summed E-state index contributed by atoms with van der Waals surface area (Å²) >= 11 is 12.2. The molecule has 0 amide bonds. The van der Waals surface area contributed by atoms with Crippen LogP contribution in [-0.2, 0) is 10.0 Å². The fourth-order valence-corrected chi connectivity index (χ4v) is 4.72. The summed E-state index contributed by atoms with van der Waals surface area (Å²) in [5.74, 6) is 0.345. The van der Waals surface area contributed by atoms with E-state index in [4.69, 9.17) is 27.9 Å². The summed E-state index contributed by atoms with van der Waals surface area (Å²) in [6.07, 6.45) is 0. The second-order valence-corrected chi connectivity index (χ2v) is 8.39. The lowest BCUT2D eigenvalue weighted by molar-refractivity contribution is 0.383. The Labute approximate surface area is 157 Å². The summed E-state index contributed by atoms with van der Waals surface area (Å²) in [6, 6.07) is 12.1. The third kappa shape index (κ3) is 3.72. The zero-order valence-electron chi connectivity index (χ0n) is 13.7. The van der Waals surface area contributed by atoms with Crippen LogP contribution in [0.4, 0.5) is 5.69 Å². The van der Waals surface area contributed by atoms with Crippen LogP contribution in [0.5, 0.6) is 5.75 Å². The molecule has 1 aliphatic rings. The minimum Gasteiger partial charge on any atom is -0.495 e. The van der Waals surface area contributed by atoms with E-state index < -0.39 is 10.0 Å². The Morgan fingerprint density at radius 2 is 1.64 bits per heavy atom. The van der Waals surface area contributed by atoms with E-state index in [0.29, 0.717) is 42.0 Å². The summed E-state index contributed by atoms with van der Waals surface area (Å²) in [6.45, 7) is 1.93. The minimum absolute atomic E-state index is 0.181. The molecule has 3 rings (SSSR count). The van der Waals surface area contributed by atoms with Crippen LogP contribution in [0.2, 0.25) is 10.0 Å². The first-order valence-electron chi connectivity index (χ1n) is 7.76. The van der Waals surface area contributed by atoms with Gasteiger partial charge in [0.1, 0.15) is 5.75 Å². The van der Waals surface area contributed by atoms with E-state index in [9.17, 15) is 8.42 Å². The van der Waals surface area contributed by atoms with Gasteiger partial charge < -0.3 is 9.64 Å². The zero-order valence-corrected chi connectivity index (χ0v) is 16.0. The van der Waals surface area contributed by atoms with Crippen molar-refractivity contribution in [3.05, 3.63) is 52.5 Å². The van der Waals surface area contributed by atoms with Gasteiger partial charge in [-0.3, -0.25) is 0 Å². The number of ether oxygens (including phenoxy) is 1. The molecule has 0 aromatic heterocycles. The van der Waals surface area contributed by atoms with E-state index in [2.05, 4.69) is 4.90 Å². The van der Waals surface area contributed by atoms with Crippen molar-refractivity contribution in [2.24, 2.45) is 0 Å². The van der Waals surface area contributed by atoms with Crippen molar-refractivity contribution in [1.29, 1.82) is 0 Å². The molecule has 0 unspecified atom stereocenters. The van der Waals surface area contributed by atoms with E-state index >= 15 is 0 Å². The van der Waals surface area contributed by atoms with Crippen LogP contribution in [-0.4, -0.2) is 46.0 Å². The molecule has 0 N–H and O–H groups in total. The van der Waals surface area contributed by atoms with Crippen molar-refractivity contribution in [2.75, 3.05) is 38.2 Å². The summed E-state index contributed by atoms with van der Waals surface area (Å²) in [7, 11) is -2.13. The second kappa shape index (κ2) is 7.41. The predicted molar refractivity (Wildman–Crippen MR) is 100 cm³/mol. The molecule has 0 bridgehead atoms. The quantitative estimate of drug-likeness (QED) is 0.787. The van der Waals surface area contributed by atoms with Gasteiger partial charge in [0.2, 0.25) is 10.0 Å². The molecular formula is C17H18Cl2N2O3S. The SMILES string of the molecule is COc1cc(S(=O)(=O)N2CCN(c3ccccc3Cl)CC2)ccc1Cl. The van der Waals surface area contributed by atoms with Gasteiger partial charge in [0.25, 0.3) is 0 Å². The Balaban J connectivity index is 1.77. The molecule has 0 spiro atoms. The van der Waals surface area contributed by atoms with E-state index in [1.807, 2.05) is 24.3 Å². The van der Waals surface area contributed by atoms with Gasteiger partial charge in [-0.05, 0) is 24.3 Å². The molecule has 2 aromatic carbocycles. The molecule has 0 saturated carbocycles. The van der Waals surface area contributed by atoms with Crippen molar-refractivity contribution in [3.63, 3.8) is 0 Å². The third-order valence-corrected chi connectivity index (χ3v) is 6.72. The predicted octanol–water partition coefficient (Wildman–Crippen LogP) is 3.51. The summed E-state index contributed by atoms with van der Waals surface area (Å²) in [4.78, 5) is 2.27. The number of nitrogens with zero attached hydrogens (tertiary/aromatic N) is 2. The van der Waals surface area contributed by atoms with Gasteiger partial charge >= 0.3 is 0 Å². The van der Waals surface area contributed by atoms with Crippen LogP contribution in [0.15, 0.2) is 47.4 Å². The van der Waals surface area contributed by atoms with Crippen molar-refractivity contribution in [1.82, 2.24) is 4.31 Å². The number of piperazine rings is 1. The fraction of sp³-hybridized carbons (Fsp3) is 0.294. The number of sulfonamides is 1. The van der Waals surface area contributed by atoms with Gasteiger partial charge in [-0.25, -0.2) is 8.42 Å². The highest BCUT2D eigenvalue weighted by atomic mass is 35.5. The number of methoxy groups -OCH3 is 1. The van der Waals surface area contributed by atoms with Crippen LogP contribution in [0, 0.1) is 0 Å². The standard InChI is InChI=1S/C17H18Cl2N2O3S/c1-24-17-12-13(6-7-15(17)19)25(22,23)21-10-8-20(9-11-21)16-5-3-2-4-14(16)18/h2-7,12H,8-11H2,1H3. The Morgan fingerprint density at radius 1 is 0.960 bits per heavy atom. The van der Waals surface area contributed by atoms with Gasteiger partial charge in [-0.1, -0.05) is 35.3 Å². The highest BCUT2D eigenvalue weighted by molar-refractivity contribution is 7.89. The maximum absolute atomic E-state index is 12.9. The first-order chi connectivity index (χ1) is 11.9. The van der Waals surface area contributed by atoms with Gasteiger partial charge in [-0.15, -0.1) is 0 Å². The van der Waals surface area contributed by atoms with E-state index in [1.165, 1.54) is 29.6 Å². The highest BCUT2D eigenvalue weighted by Crippen LogP contribution is 2.30. The molecule has 0 radical (unpaired) electrons. The Kier molecular flexibility index (Phi) is 5.43. The van der Waals surface area contributed by atoms with Crippen molar-refractivity contribution >= 4 is 38.9 Å². The van der Waals surface area contributed by atoms with Crippen molar-refractivity contribution in [3.8, 4) is 5.75 Å². The number of hydrogen-bond acceptors (Lipinski definition) is 4. The number of halogens is 2. The average Bonchev–Trinajstić information content (AvgIpc) is 2.62. The molecule has 2 aromatic rings. The molecule has 1 fully saturated rings. The van der Waals surface area contributed by atoms with Gasteiger partial charge in [0.15, 0.2) is 0 Å². The number of rotatable bonds is 4. The van der Waals surface area contributed by atoms with Crippen LogP contribution in [0.1, 0.15) is 0 Å².